The van der Waals surface area contributed by atoms with E-state index in [1.54, 1.807) is 12.1 Å². The van der Waals surface area contributed by atoms with Gasteiger partial charge in [0, 0.05) is 0 Å². The summed E-state index contributed by atoms with van der Waals surface area (Å²) in [6, 6.07) is 20.7. The van der Waals surface area contributed by atoms with Gasteiger partial charge in [-0.25, -0.2) is 4.79 Å². The smallest absolute Gasteiger partial charge is 0.338 e. The lowest BCUT2D eigenvalue weighted by molar-refractivity contribution is 0.0430. The molecule has 1 heterocycles. The first kappa shape index (κ1) is 17.7. The number of aromatic nitrogens is 2. The molecule has 0 atom stereocenters. The number of para-hydroxylation sites is 1. The fourth-order valence-corrected chi connectivity index (χ4v) is 2.88. The van der Waals surface area contributed by atoms with Crippen LogP contribution in [0, 0.1) is 0 Å². The summed E-state index contributed by atoms with van der Waals surface area (Å²) in [5.41, 5.74) is 1.19. The molecule has 0 saturated carbocycles. The number of hydrogen-bond acceptors (Lipinski definition) is 6. The molecule has 0 aliphatic rings. The van der Waals surface area contributed by atoms with Crippen LogP contribution in [0.1, 0.15) is 23.2 Å². The fourth-order valence-electron chi connectivity index (χ4n) is 2.88. The lowest BCUT2D eigenvalue weighted by atomic mass is 10.1. The van der Waals surface area contributed by atoms with Crippen molar-refractivity contribution in [3.63, 3.8) is 0 Å². The van der Waals surface area contributed by atoms with Gasteiger partial charge >= 0.3 is 5.97 Å². The molecule has 0 bridgehead atoms. The van der Waals surface area contributed by atoms with Gasteiger partial charge in [0.2, 0.25) is 5.82 Å². The van der Waals surface area contributed by atoms with Crippen molar-refractivity contribution in [2.24, 2.45) is 0 Å². The van der Waals surface area contributed by atoms with Crippen LogP contribution in [-0.2, 0) is 11.3 Å². The second kappa shape index (κ2) is 7.92. The maximum Gasteiger partial charge on any atom is 0.338 e. The molecule has 3 aromatic carbocycles. The first-order chi connectivity index (χ1) is 13.7. The normalized spacial score (nSPS) is 10.8. The summed E-state index contributed by atoms with van der Waals surface area (Å²) < 4.78 is 16.1. The molecule has 1 aromatic heterocycles. The Morgan fingerprint density at radius 3 is 2.64 bits per heavy atom. The molecular weight excluding hydrogens is 356 g/mol. The van der Waals surface area contributed by atoms with Gasteiger partial charge in [-0.05, 0) is 42.0 Å². The molecule has 4 rings (SSSR count). The molecule has 4 aromatic rings. The number of hydrogen-bond donors (Lipinski definition) is 0. The second-order valence-corrected chi connectivity index (χ2v) is 6.08. The minimum absolute atomic E-state index is 0.102. The van der Waals surface area contributed by atoms with Gasteiger partial charge in [0.1, 0.15) is 5.75 Å². The molecule has 0 amide bonds. The largest absolute Gasteiger partial charge is 0.493 e. The van der Waals surface area contributed by atoms with Crippen molar-refractivity contribution in [2.45, 2.75) is 13.5 Å². The maximum absolute atomic E-state index is 12.3. The van der Waals surface area contributed by atoms with E-state index in [2.05, 4.69) is 10.1 Å². The molecule has 0 fully saturated rings. The molecule has 0 aliphatic carbocycles. The zero-order chi connectivity index (χ0) is 19.3. The van der Waals surface area contributed by atoms with Crippen molar-refractivity contribution in [1.82, 2.24) is 10.1 Å². The van der Waals surface area contributed by atoms with E-state index in [0.717, 1.165) is 16.3 Å². The highest BCUT2D eigenvalue weighted by Gasteiger charge is 2.15. The molecule has 0 unspecified atom stereocenters. The van der Waals surface area contributed by atoms with Gasteiger partial charge in [-0.3, -0.25) is 0 Å². The van der Waals surface area contributed by atoms with Gasteiger partial charge in [0.25, 0.3) is 5.89 Å². The third-order valence-electron chi connectivity index (χ3n) is 4.21. The Labute approximate surface area is 161 Å². The van der Waals surface area contributed by atoms with Crippen LogP contribution in [-0.4, -0.2) is 22.7 Å². The topological polar surface area (TPSA) is 74.5 Å². The summed E-state index contributed by atoms with van der Waals surface area (Å²) in [5, 5.41) is 6.00. The molecular formula is C22H18N2O4. The van der Waals surface area contributed by atoms with E-state index in [-0.39, 0.29) is 12.5 Å². The maximum atomic E-state index is 12.3. The van der Waals surface area contributed by atoms with Crippen LogP contribution in [0.15, 0.2) is 71.3 Å². The first-order valence-electron chi connectivity index (χ1n) is 8.95. The molecule has 28 heavy (non-hydrogen) atoms. The Morgan fingerprint density at radius 1 is 1.00 bits per heavy atom. The highest BCUT2D eigenvalue weighted by Crippen LogP contribution is 2.27. The molecule has 0 radical (unpaired) electrons. The molecule has 0 spiro atoms. The second-order valence-electron chi connectivity index (χ2n) is 6.08. The Hall–Kier alpha value is -3.67. The van der Waals surface area contributed by atoms with E-state index < -0.39 is 5.97 Å². The molecule has 6 nitrogen and oxygen atoms in total. The van der Waals surface area contributed by atoms with E-state index in [9.17, 15) is 4.79 Å². The fraction of sp³-hybridized carbons (Fsp3) is 0.136. The van der Waals surface area contributed by atoms with Crippen molar-refractivity contribution >= 4 is 16.7 Å². The van der Waals surface area contributed by atoms with E-state index in [1.165, 1.54) is 0 Å². The standard InChI is InChI=1S/C22H18N2O4/c1-2-26-19-10-6-5-9-18(19)21-23-20(28-24-21)14-27-22(25)17-12-11-15-7-3-4-8-16(15)13-17/h3-13H,2,14H2,1H3. The van der Waals surface area contributed by atoms with E-state index in [4.69, 9.17) is 14.0 Å². The molecule has 140 valence electrons. The zero-order valence-electron chi connectivity index (χ0n) is 15.3. The molecule has 0 aliphatic heterocycles. The summed E-state index contributed by atoms with van der Waals surface area (Å²) in [6.07, 6.45) is 0. The molecule has 0 saturated heterocycles. The highest BCUT2D eigenvalue weighted by molar-refractivity contribution is 5.95. The number of fused-ring (bicyclic) bond motifs is 1. The van der Waals surface area contributed by atoms with E-state index in [0.29, 0.717) is 23.7 Å². The number of carbonyl (C=O) groups excluding carboxylic acids is 1. The average molecular weight is 374 g/mol. The number of nitrogens with zero attached hydrogens (tertiary/aromatic N) is 2. The molecule has 0 N–H and O–H groups in total. The van der Waals surface area contributed by atoms with Crippen molar-refractivity contribution in [2.75, 3.05) is 6.61 Å². The van der Waals surface area contributed by atoms with Gasteiger partial charge in [0.05, 0.1) is 17.7 Å². The summed E-state index contributed by atoms with van der Waals surface area (Å²) in [5.74, 6) is 0.835. The minimum Gasteiger partial charge on any atom is -0.493 e. The van der Waals surface area contributed by atoms with Crippen LogP contribution in [0.3, 0.4) is 0 Å². The number of esters is 1. The predicted molar refractivity (Wildman–Crippen MR) is 104 cm³/mol. The Kier molecular flexibility index (Phi) is 5.01. The lowest BCUT2D eigenvalue weighted by Gasteiger charge is -2.06. The zero-order valence-corrected chi connectivity index (χ0v) is 15.3. The van der Waals surface area contributed by atoms with Gasteiger partial charge in [-0.15, -0.1) is 0 Å². The van der Waals surface area contributed by atoms with Crippen molar-refractivity contribution < 1.29 is 18.8 Å². The summed E-state index contributed by atoms with van der Waals surface area (Å²) in [4.78, 5) is 16.6. The monoisotopic (exact) mass is 374 g/mol. The van der Waals surface area contributed by atoms with Crippen LogP contribution < -0.4 is 4.74 Å². The number of rotatable bonds is 6. The highest BCUT2D eigenvalue weighted by atomic mass is 16.6. The quantitative estimate of drug-likeness (QED) is 0.458. The third-order valence-corrected chi connectivity index (χ3v) is 4.21. The van der Waals surface area contributed by atoms with Gasteiger partial charge in [0.15, 0.2) is 6.61 Å². The van der Waals surface area contributed by atoms with Gasteiger partial charge in [-0.2, -0.15) is 4.98 Å². The molecule has 6 heteroatoms. The lowest BCUT2D eigenvalue weighted by Crippen LogP contribution is -2.05. The summed E-state index contributed by atoms with van der Waals surface area (Å²) in [7, 11) is 0. The van der Waals surface area contributed by atoms with Crippen LogP contribution in [0.2, 0.25) is 0 Å². The third kappa shape index (κ3) is 3.71. The summed E-state index contributed by atoms with van der Waals surface area (Å²) >= 11 is 0. The Balaban J connectivity index is 1.46. The predicted octanol–water partition coefficient (Wildman–Crippen LogP) is 4.65. The van der Waals surface area contributed by atoms with Gasteiger partial charge in [-0.1, -0.05) is 47.6 Å². The number of ether oxygens (including phenoxy) is 2. The number of carbonyl (C=O) groups is 1. The average Bonchev–Trinajstić information content (AvgIpc) is 3.21. The van der Waals surface area contributed by atoms with Crippen molar-refractivity contribution in [3.05, 3.63) is 78.2 Å². The van der Waals surface area contributed by atoms with E-state index in [1.807, 2.05) is 61.5 Å². The first-order valence-corrected chi connectivity index (χ1v) is 8.95. The van der Waals surface area contributed by atoms with Crippen molar-refractivity contribution in [1.29, 1.82) is 0 Å². The van der Waals surface area contributed by atoms with E-state index >= 15 is 0 Å². The van der Waals surface area contributed by atoms with Crippen molar-refractivity contribution in [3.8, 4) is 17.1 Å². The van der Waals surface area contributed by atoms with Crippen LogP contribution in [0.4, 0.5) is 0 Å². The minimum atomic E-state index is -0.444. The van der Waals surface area contributed by atoms with Crippen LogP contribution in [0.25, 0.3) is 22.2 Å². The van der Waals surface area contributed by atoms with Crippen LogP contribution in [0.5, 0.6) is 5.75 Å². The summed E-state index contributed by atoms with van der Waals surface area (Å²) in [6.45, 7) is 2.34. The van der Waals surface area contributed by atoms with Crippen LogP contribution >= 0.6 is 0 Å². The number of benzene rings is 3. The Bertz CT molecular complexity index is 1120. The van der Waals surface area contributed by atoms with Gasteiger partial charge < -0.3 is 14.0 Å². The Morgan fingerprint density at radius 2 is 1.79 bits per heavy atom. The SMILES string of the molecule is CCOc1ccccc1-c1noc(COC(=O)c2ccc3ccccc3c2)n1.